The third kappa shape index (κ3) is 41.5. The highest BCUT2D eigenvalue weighted by Crippen LogP contribution is 2.35. The second-order valence-corrected chi connectivity index (χ2v) is 32.7. The zero-order valence-electron chi connectivity index (χ0n) is 69.0. The van der Waals surface area contributed by atoms with Gasteiger partial charge in [0.1, 0.15) is 43.1 Å². The number of fused-ring (bicyclic) bond motifs is 2. The smallest absolute Gasteiger partial charge is 0.320 e. The number of hydrogen-bond donors (Lipinski definition) is 16. The molecule has 5 rings (SSSR count). The lowest BCUT2D eigenvalue weighted by molar-refractivity contribution is -0.134. The van der Waals surface area contributed by atoms with E-state index in [1.807, 2.05) is 71.6 Å². The molecule has 1 aliphatic heterocycles. The number of nitrogens with one attached hydrogen (secondary N) is 12. The summed E-state index contributed by atoms with van der Waals surface area (Å²) >= 11 is 0. The SMILES string of the molecule is CC(C)N/C1=C(\N)c2ccccc2N(C(=O)CCC(=O)NCCOCCOCCOCCOCCC(=O)N[C@H](CCCCNC(=O)COC2CCCCC/C(NCCN(CC(=O)NCCS(=O)(=O)O)CC(=O)NCCS(=O)(=O)O)=C\2N=N)C(=O)N[C@H](C(=O)N[C@@H](CCCNC(N)=O)C(=O)Nc2ccc(COC(=O)P)cc2)C(C)C)Cc2ccccc21. The minimum atomic E-state index is -4.40. The molecular formula is C78H120N17O23PS2. The Morgan fingerprint density at radius 1 is 0.612 bits per heavy atom. The van der Waals surface area contributed by atoms with Crippen molar-refractivity contribution in [3.05, 3.63) is 106 Å². The molecule has 43 heteroatoms. The van der Waals surface area contributed by atoms with Gasteiger partial charge in [-0.05, 0) is 110 Å². The molecule has 121 heavy (non-hydrogen) atoms. The van der Waals surface area contributed by atoms with Crippen LogP contribution in [0.1, 0.15) is 133 Å². The number of hydrogen-bond acceptors (Lipinski definition) is 27. The number of unbranched alkanes of at least 4 members (excludes halogenated alkanes) is 1. The van der Waals surface area contributed by atoms with Gasteiger partial charge in [-0.3, -0.25) is 57.2 Å². The number of urea groups is 1. The lowest BCUT2D eigenvalue weighted by Crippen LogP contribution is -2.57. The van der Waals surface area contributed by atoms with Gasteiger partial charge in [0.25, 0.3) is 20.2 Å². The van der Waals surface area contributed by atoms with Crippen LogP contribution < -0.4 is 74.9 Å². The minimum absolute atomic E-state index is 0.00486. The van der Waals surface area contributed by atoms with Crippen molar-refractivity contribution >= 4 is 117 Å². The predicted molar refractivity (Wildman–Crippen MR) is 451 cm³/mol. The maximum atomic E-state index is 14.4. The zero-order valence-corrected chi connectivity index (χ0v) is 71.8. The number of benzene rings is 3. The number of nitrogens with zero attached hydrogens (tertiary/aromatic N) is 3. The number of allylic oxidation sites excluding steroid dienone is 1. The fraction of sp³-hybridized carbons (Fsp3) is 0.577. The molecule has 0 saturated carbocycles. The molecule has 3 aromatic rings. The summed E-state index contributed by atoms with van der Waals surface area (Å²) in [5.74, 6) is -7.26. The molecular weight excluding hydrogens is 1640 g/mol. The van der Waals surface area contributed by atoms with E-state index >= 15 is 0 Å². The summed E-state index contributed by atoms with van der Waals surface area (Å²) in [6.07, 6.45) is 2.56. The Bertz CT molecular complexity index is 4150. The van der Waals surface area contributed by atoms with Crippen LogP contribution in [0.2, 0.25) is 0 Å². The molecule has 672 valence electrons. The van der Waals surface area contributed by atoms with Crippen LogP contribution in [-0.4, -0.2) is 256 Å². The summed E-state index contributed by atoms with van der Waals surface area (Å²) in [5, 5.41) is 34.2. The third-order valence-electron chi connectivity index (χ3n) is 18.6. The fourth-order valence-electron chi connectivity index (χ4n) is 12.5. The molecule has 5 atom stereocenters. The minimum Gasteiger partial charge on any atom is -0.458 e. The van der Waals surface area contributed by atoms with Crippen LogP contribution in [-0.2, 0) is 105 Å². The van der Waals surface area contributed by atoms with Crippen LogP contribution in [0.4, 0.5) is 21.0 Å². The highest BCUT2D eigenvalue weighted by Gasteiger charge is 2.33. The molecule has 11 amide bonds. The van der Waals surface area contributed by atoms with Crippen LogP contribution in [0, 0.1) is 11.4 Å². The van der Waals surface area contributed by atoms with E-state index in [-0.39, 0.29) is 174 Å². The van der Waals surface area contributed by atoms with Crippen molar-refractivity contribution in [2.24, 2.45) is 22.5 Å². The Hall–Kier alpha value is -9.88. The predicted octanol–water partition coefficient (Wildman–Crippen LogP) is 2.16. The van der Waals surface area contributed by atoms with Gasteiger partial charge in [0.05, 0.1) is 101 Å². The molecule has 0 fully saturated rings. The van der Waals surface area contributed by atoms with E-state index in [0.717, 1.165) is 23.2 Å². The van der Waals surface area contributed by atoms with Crippen LogP contribution in [0.25, 0.3) is 11.4 Å². The van der Waals surface area contributed by atoms with Crippen LogP contribution in [0.15, 0.2) is 89.3 Å². The van der Waals surface area contributed by atoms with Crippen LogP contribution >= 0.6 is 9.24 Å². The highest BCUT2D eigenvalue weighted by atomic mass is 32.2. The van der Waals surface area contributed by atoms with E-state index in [1.54, 1.807) is 43.0 Å². The number of carbonyl (C=O) groups is 11. The van der Waals surface area contributed by atoms with Gasteiger partial charge in [0.15, 0.2) is 0 Å². The van der Waals surface area contributed by atoms with Gasteiger partial charge in [-0.25, -0.2) is 15.1 Å². The van der Waals surface area contributed by atoms with Gasteiger partial charge < -0.3 is 103 Å². The number of carbonyl (C=O) groups excluding carboxylic acids is 11. The first-order valence-electron chi connectivity index (χ1n) is 40.2. The van der Waals surface area contributed by atoms with Crippen molar-refractivity contribution in [3.63, 3.8) is 0 Å². The summed E-state index contributed by atoms with van der Waals surface area (Å²) in [6.45, 7) is 7.23. The van der Waals surface area contributed by atoms with Crippen LogP contribution in [0.5, 0.6) is 0 Å². The molecule has 3 aromatic carbocycles. The molecule has 1 aliphatic carbocycles. The summed E-state index contributed by atoms with van der Waals surface area (Å²) in [6, 6.07) is 17.3. The lowest BCUT2D eigenvalue weighted by Gasteiger charge is -2.31. The average Bonchev–Trinajstić information content (AvgIpc) is 0.772. The zero-order chi connectivity index (χ0) is 88.7. The Kier molecular flexibility index (Phi) is 46.4. The largest absolute Gasteiger partial charge is 0.458 e. The van der Waals surface area contributed by atoms with Crippen LogP contribution in [0.3, 0.4) is 0 Å². The van der Waals surface area contributed by atoms with Crippen molar-refractivity contribution < 1.29 is 107 Å². The van der Waals surface area contributed by atoms with Crippen molar-refractivity contribution in [2.75, 3.05) is 140 Å². The first-order valence-corrected chi connectivity index (χ1v) is 44.0. The Morgan fingerprint density at radius 3 is 1.82 bits per heavy atom. The molecule has 1 heterocycles. The number of primary amides is 1. The summed E-state index contributed by atoms with van der Waals surface area (Å²) in [5.41, 5.74) is 25.8. The fourth-order valence-corrected chi connectivity index (χ4v) is 13.3. The van der Waals surface area contributed by atoms with E-state index in [4.69, 9.17) is 54.5 Å². The third-order valence-corrected chi connectivity index (χ3v) is 20.2. The van der Waals surface area contributed by atoms with Gasteiger partial charge in [-0.1, -0.05) is 81.3 Å². The normalized spacial score (nSPS) is 15.6. The first kappa shape index (κ1) is 102. The standard InChI is InChI=1S/C78H120N17O23PS2/c1-52(2)71(76(104)91-61(20-14-31-87-77(80)105)74(102)89-56-25-23-54(24-26-56)50-118-78(106)119)92-75(103)60(19-12-13-30-83-68(100)51-117-63-22-7-5-6-18-59(73(63)93-81)82-32-36-94(48-66(98)85-34-45-120(107,108)109)49-67(99)86-35-46-121(110,111)112)90-65(97)29-37-113-39-41-115-43-44-116-42-40-114-38-33-84-64(96)27-28-69(101)95-47-55-15-8-9-16-57(55)72(88-53(3)4)70(79)58-17-10-11-21-62(58)95/h8-11,15-17,21,23-26,52-53,60-61,63,71,81-82,88H,5-7,12-14,18-20,22,27-51,79,119H2,1-4H3,(H,83,100)(H,84,96)(H,85,98)(H,86,99)(H,89,102)(H,90,97)(H,91,104)(H,92,103)(H3,80,87,105)(H,107,108,109)(H,110,111,112)/b72-70-,73-59-,93-81?/t60-,61+,63?,71+/m1/s1. The average molecular weight is 1760 g/mol. The number of amides is 11. The van der Waals surface area contributed by atoms with E-state index in [9.17, 15) is 69.6 Å². The monoisotopic (exact) mass is 1760 g/mol. The van der Waals surface area contributed by atoms with E-state index in [2.05, 4.69) is 63.6 Å². The lowest BCUT2D eigenvalue weighted by atomic mass is 9.95. The number of ether oxygens (including phenoxy) is 6. The Morgan fingerprint density at radius 2 is 1.20 bits per heavy atom. The molecule has 40 nitrogen and oxygen atoms in total. The first-order chi connectivity index (χ1) is 57.7. The van der Waals surface area contributed by atoms with Gasteiger partial charge in [0.2, 0.25) is 53.2 Å². The van der Waals surface area contributed by atoms with Crippen molar-refractivity contribution in [1.82, 2.24) is 58.1 Å². The maximum Gasteiger partial charge on any atom is 0.320 e. The number of rotatable bonds is 57. The van der Waals surface area contributed by atoms with Crippen molar-refractivity contribution in [3.8, 4) is 0 Å². The second-order valence-electron chi connectivity index (χ2n) is 29.1. The molecule has 18 N–H and O–H groups in total. The number of para-hydroxylation sites is 1. The second kappa shape index (κ2) is 55.2. The molecule has 2 unspecified atom stereocenters. The Balaban J connectivity index is 1.11. The number of anilines is 2. The highest BCUT2D eigenvalue weighted by molar-refractivity contribution is 7.86. The molecule has 0 spiro atoms. The van der Waals surface area contributed by atoms with Gasteiger partial charge in [-0.15, -0.1) is 0 Å². The number of nitrogens with two attached hydrogens (primary N) is 2. The molecule has 0 bridgehead atoms. The van der Waals surface area contributed by atoms with Crippen molar-refractivity contribution in [2.45, 2.75) is 155 Å². The maximum absolute atomic E-state index is 14.4. The van der Waals surface area contributed by atoms with Gasteiger partial charge in [-0.2, -0.15) is 21.9 Å². The molecule has 0 radical (unpaired) electrons. The molecule has 0 saturated heterocycles. The molecule has 2 aliphatic rings. The van der Waals surface area contributed by atoms with Gasteiger partial charge >= 0.3 is 11.7 Å². The van der Waals surface area contributed by atoms with E-state index < -0.39 is 148 Å². The van der Waals surface area contributed by atoms with E-state index in [0.29, 0.717) is 59.6 Å². The molecule has 0 aromatic heterocycles. The topological polar surface area (TPSA) is 579 Å². The quantitative estimate of drug-likeness (QED) is 0.0167. The summed E-state index contributed by atoms with van der Waals surface area (Å²) < 4.78 is 96.6. The summed E-state index contributed by atoms with van der Waals surface area (Å²) in [4.78, 5) is 148. The van der Waals surface area contributed by atoms with E-state index in [1.165, 1.54) is 4.90 Å². The van der Waals surface area contributed by atoms with Crippen molar-refractivity contribution in [1.29, 1.82) is 5.53 Å². The Labute approximate surface area is 708 Å². The van der Waals surface area contributed by atoms with Gasteiger partial charge in [0, 0.05) is 93.6 Å². The summed E-state index contributed by atoms with van der Waals surface area (Å²) in [7, 11) is -6.89.